The standard InChI is InChI=1S/C29H31/c1-2-4-6-8-10-12-14-16-18-20-22-24-26-28-29-27-25-23-21-19-17-15-13-11-9-7-5-3-1/h1-25H,26,28-29H2/b3-1+,4-2+,7-5+,8-6+,11-9-,12-10+,15-13+,16-14-,19-17-,20-18+,23-21-,24-22+,27-25?. The molecule has 0 N–H and O–H groups in total. The molecule has 29 heavy (non-hydrogen) atoms. The Kier molecular flexibility index (Phi) is 17.1. The second-order valence-corrected chi connectivity index (χ2v) is 5.93. The lowest BCUT2D eigenvalue weighted by Gasteiger charge is -1.87. The van der Waals surface area contributed by atoms with E-state index in [-0.39, 0.29) is 0 Å². The largest absolute Gasteiger partial charge is 0.0845 e. The van der Waals surface area contributed by atoms with Crippen LogP contribution in [0.25, 0.3) is 0 Å². The van der Waals surface area contributed by atoms with Crippen molar-refractivity contribution in [3.63, 3.8) is 0 Å². The summed E-state index contributed by atoms with van der Waals surface area (Å²) in [5, 5.41) is 0. The molecule has 147 valence electrons. The molecule has 0 aromatic heterocycles. The first-order valence-electron chi connectivity index (χ1n) is 10.1. The molecular weight excluding hydrogens is 348 g/mol. The molecule has 1 aliphatic rings. The lowest BCUT2D eigenvalue weighted by Crippen LogP contribution is -1.68. The molecule has 0 bridgehead atoms. The van der Waals surface area contributed by atoms with E-state index in [4.69, 9.17) is 0 Å². The van der Waals surface area contributed by atoms with Gasteiger partial charge in [0.25, 0.3) is 0 Å². The van der Waals surface area contributed by atoms with Gasteiger partial charge in [0.2, 0.25) is 0 Å². The molecule has 0 heterocycles. The molecule has 0 saturated carbocycles. The Bertz CT molecular complexity index is 710. The van der Waals surface area contributed by atoms with Crippen LogP contribution >= 0.6 is 0 Å². The van der Waals surface area contributed by atoms with E-state index in [1.165, 1.54) is 0 Å². The van der Waals surface area contributed by atoms with Crippen molar-refractivity contribution in [2.24, 2.45) is 0 Å². The lowest BCUT2D eigenvalue weighted by atomic mass is 10.2. The van der Waals surface area contributed by atoms with Crippen molar-refractivity contribution in [1.29, 1.82) is 0 Å². The van der Waals surface area contributed by atoms with E-state index >= 15 is 0 Å². The van der Waals surface area contributed by atoms with E-state index in [9.17, 15) is 0 Å². The van der Waals surface area contributed by atoms with Gasteiger partial charge >= 0.3 is 0 Å². The number of rotatable bonds is 0. The third-order valence-electron chi connectivity index (χ3n) is 3.49. The predicted molar refractivity (Wildman–Crippen MR) is 131 cm³/mol. The average molecular weight is 380 g/mol. The Morgan fingerprint density at radius 3 is 1.03 bits per heavy atom. The molecule has 0 amide bonds. The van der Waals surface area contributed by atoms with Gasteiger partial charge in [-0.2, -0.15) is 0 Å². The van der Waals surface area contributed by atoms with Crippen LogP contribution in [0, 0.1) is 6.08 Å². The summed E-state index contributed by atoms with van der Waals surface area (Å²) in [6.07, 6.45) is 57.0. The molecule has 0 spiro atoms. The van der Waals surface area contributed by atoms with Crippen LogP contribution in [-0.4, -0.2) is 0 Å². The van der Waals surface area contributed by atoms with E-state index < -0.39 is 0 Å². The molecule has 0 nitrogen and oxygen atoms in total. The summed E-state index contributed by atoms with van der Waals surface area (Å²) in [6.45, 7) is 0. The Hall–Kier alpha value is -3.38. The first-order valence-corrected chi connectivity index (χ1v) is 10.1. The minimum absolute atomic E-state index is 0.975. The van der Waals surface area contributed by atoms with Gasteiger partial charge in [-0.25, -0.2) is 0 Å². The van der Waals surface area contributed by atoms with Crippen molar-refractivity contribution in [3.8, 4) is 0 Å². The minimum atomic E-state index is 0.975. The van der Waals surface area contributed by atoms with Crippen LogP contribution in [0.4, 0.5) is 0 Å². The van der Waals surface area contributed by atoms with Gasteiger partial charge in [-0.3, -0.25) is 0 Å². The maximum absolute atomic E-state index is 3.29. The van der Waals surface area contributed by atoms with Gasteiger partial charge in [0.15, 0.2) is 0 Å². The third-order valence-corrected chi connectivity index (χ3v) is 3.49. The summed E-state index contributed by atoms with van der Waals surface area (Å²) < 4.78 is 0. The van der Waals surface area contributed by atoms with E-state index in [1.807, 2.05) is 134 Å². The van der Waals surface area contributed by atoms with Crippen LogP contribution in [0.3, 0.4) is 0 Å². The van der Waals surface area contributed by atoms with Gasteiger partial charge in [-0.05, 0) is 25.3 Å². The molecule has 0 atom stereocenters. The summed E-state index contributed by atoms with van der Waals surface area (Å²) in [6, 6.07) is 0. The van der Waals surface area contributed by atoms with Crippen molar-refractivity contribution in [3.05, 3.63) is 158 Å². The van der Waals surface area contributed by atoms with Crippen LogP contribution in [0.15, 0.2) is 152 Å². The van der Waals surface area contributed by atoms with Gasteiger partial charge in [0, 0.05) is 0 Å². The van der Waals surface area contributed by atoms with Crippen LogP contribution in [0.2, 0.25) is 0 Å². The highest BCUT2D eigenvalue weighted by Gasteiger charge is 1.79. The second-order valence-electron chi connectivity index (χ2n) is 5.93. The first kappa shape index (κ1) is 23.7. The molecule has 0 saturated heterocycles. The number of hydrogen-bond acceptors (Lipinski definition) is 0. The Morgan fingerprint density at radius 2 is 0.655 bits per heavy atom. The number of hydrogen-bond donors (Lipinski definition) is 0. The minimum Gasteiger partial charge on any atom is -0.0845 e. The molecule has 0 fully saturated rings. The molecule has 1 rings (SSSR count). The van der Waals surface area contributed by atoms with Crippen LogP contribution in [0.1, 0.15) is 19.3 Å². The van der Waals surface area contributed by atoms with Crippen LogP contribution in [-0.2, 0) is 0 Å². The zero-order valence-electron chi connectivity index (χ0n) is 17.1. The van der Waals surface area contributed by atoms with E-state index in [0.29, 0.717) is 0 Å². The Labute approximate surface area is 177 Å². The monoisotopic (exact) mass is 379 g/mol. The molecule has 0 unspecified atom stereocenters. The summed E-state index contributed by atoms with van der Waals surface area (Å²) >= 11 is 0. The highest BCUT2D eigenvalue weighted by atomic mass is 13.8. The second kappa shape index (κ2) is 20.9. The van der Waals surface area contributed by atoms with Gasteiger partial charge < -0.3 is 0 Å². The summed E-state index contributed by atoms with van der Waals surface area (Å²) in [5.74, 6) is 0. The average Bonchev–Trinajstić information content (AvgIpc) is 2.73. The summed E-state index contributed by atoms with van der Waals surface area (Å²) in [7, 11) is 0. The fraction of sp³-hybridized carbons (Fsp3) is 0.103. The maximum Gasteiger partial charge on any atom is -0.0273 e. The maximum atomic E-state index is 3.29. The first-order chi connectivity index (χ1) is 14.5. The molecule has 0 aliphatic heterocycles. The summed E-state index contributed by atoms with van der Waals surface area (Å²) in [4.78, 5) is 0. The summed E-state index contributed by atoms with van der Waals surface area (Å²) in [5.41, 5.74) is 0. The van der Waals surface area contributed by atoms with Crippen LogP contribution in [0.5, 0.6) is 0 Å². The number of allylic oxidation sites excluding steroid dienone is 26. The van der Waals surface area contributed by atoms with Gasteiger partial charge in [-0.15, -0.1) is 0 Å². The van der Waals surface area contributed by atoms with Gasteiger partial charge in [0.1, 0.15) is 0 Å². The van der Waals surface area contributed by atoms with E-state index in [0.717, 1.165) is 19.3 Å². The zero-order chi connectivity index (χ0) is 20.5. The Morgan fingerprint density at radius 1 is 0.345 bits per heavy atom. The van der Waals surface area contributed by atoms with Gasteiger partial charge in [0.05, 0.1) is 0 Å². The molecular formula is C29H31. The Balaban J connectivity index is 2.59. The van der Waals surface area contributed by atoms with Crippen molar-refractivity contribution >= 4 is 0 Å². The van der Waals surface area contributed by atoms with Gasteiger partial charge in [-0.1, -0.05) is 152 Å². The SMILES string of the molecule is [C]1=C/C=C\C=C/C=C/C=C\C=C\C=C\C=C\C=C\C=C\C=C/C=C/C=C/CCC/1. The van der Waals surface area contributed by atoms with E-state index in [2.05, 4.69) is 24.3 Å². The topological polar surface area (TPSA) is 0 Å². The zero-order valence-corrected chi connectivity index (χ0v) is 17.1. The fourth-order valence-corrected chi connectivity index (χ4v) is 2.05. The highest BCUT2D eigenvalue weighted by Crippen LogP contribution is 1.98. The quantitative estimate of drug-likeness (QED) is 0.398. The van der Waals surface area contributed by atoms with Crippen LogP contribution < -0.4 is 0 Å². The van der Waals surface area contributed by atoms with Crippen molar-refractivity contribution in [1.82, 2.24) is 0 Å². The fourth-order valence-electron chi connectivity index (χ4n) is 2.05. The van der Waals surface area contributed by atoms with Crippen molar-refractivity contribution in [2.75, 3.05) is 0 Å². The smallest absolute Gasteiger partial charge is 0.0273 e. The molecule has 0 heteroatoms. The third kappa shape index (κ3) is 19.2. The lowest BCUT2D eigenvalue weighted by molar-refractivity contribution is 0.855. The molecule has 1 aliphatic carbocycles. The highest BCUT2D eigenvalue weighted by molar-refractivity contribution is 5.23. The van der Waals surface area contributed by atoms with Crippen molar-refractivity contribution in [2.45, 2.75) is 19.3 Å². The molecule has 0 aromatic carbocycles. The molecule has 0 aromatic rings. The molecule has 1 radical (unpaired) electrons. The van der Waals surface area contributed by atoms with E-state index in [1.54, 1.807) is 0 Å². The normalized spacial score (nSPS) is 31.2. The predicted octanol–water partition coefficient (Wildman–Crippen LogP) is 8.20. The van der Waals surface area contributed by atoms with Crippen molar-refractivity contribution < 1.29 is 0 Å².